The van der Waals surface area contributed by atoms with E-state index >= 15 is 0 Å². The predicted molar refractivity (Wildman–Crippen MR) is 175 cm³/mol. The number of anilines is 2. The topological polar surface area (TPSA) is 142 Å². The zero-order valence-corrected chi connectivity index (χ0v) is 28.4. The van der Waals surface area contributed by atoms with Crippen molar-refractivity contribution in [3.8, 4) is 0 Å². The second-order valence-electron chi connectivity index (χ2n) is 13.9. The van der Waals surface area contributed by atoms with E-state index in [9.17, 15) is 28.8 Å². The van der Waals surface area contributed by atoms with E-state index in [-0.39, 0.29) is 61.7 Å². The molecular weight excluding hydrogens is 608 g/mol. The molecule has 2 aliphatic heterocycles. The highest BCUT2D eigenvalue weighted by Gasteiger charge is 2.41. The van der Waals surface area contributed by atoms with E-state index in [0.717, 1.165) is 11.1 Å². The van der Waals surface area contributed by atoms with Crippen molar-refractivity contribution in [2.45, 2.75) is 104 Å². The molecule has 0 radical (unpaired) electrons. The Kier molecular flexibility index (Phi) is 10.4. The number of Topliss-reactive ketones (excluding diaryl/α,β-unsaturated/α-hetero) is 1. The first-order valence-electron chi connectivity index (χ1n) is 15.6. The Morgan fingerprint density at radius 3 is 2.28 bits per heavy atom. The molecule has 1 aromatic carbocycles. The maximum Gasteiger partial charge on any atom is 0.408 e. The van der Waals surface area contributed by atoms with E-state index in [1.54, 1.807) is 37.8 Å². The molecule has 3 heterocycles. The number of amides is 5. The average Bonchev–Trinajstić information content (AvgIpc) is 3.57. The first kappa shape index (κ1) is 34.8. The van der Waals surface area contributed by atoms with Gasteiger partial charge in [-0.3, -0.25) is 24.0 Å². The van der Waals surface area contributed by atoms with Crippen LogP contribution in [-0.4, -0.2) is 52.7 Å². The van der Waals surface area contributed by atoms with Crippen LogP contribution in [0.25, 0.3) is 0 Å². The minimum atomic E-state index is -1.38. The van der Waals surface area contributed by atoms with Crippen molar-refractivity contribution in [3.05, 3.63) is 46.2 Å². The number of benzene rings is 1. The molecule has 1 fully saturated rings. The van der Waals surface area contributed by atoms with Crippen LogP contribution in [0.15, 0.2) is 35.0 Å². The van der Waals surface area contributed by atoms with E-state index < -0.39 is 35.1 Å². The Morgan fingerprint density at radius 1 is 1.02 bits per heavy atom. The van der Waals surface area contributed by atoms with Crippen LogP contribution in [0.5, 0.6) is 0 Å². The molecule has 1 aromatic heterocycles. The number of fused-ring (bicyclic) bond motifs is 1. The number of hydrogen-bond donors (Lipinski definition) is 2. The van der Waals surface area contributed by atoms with E-state index in [4.69, 9.17) is 4.74 Å². The summed E-state index contributed by atoms with van der Waals surface area (Å²) in [6.07, 6.45) is -0.0729. The highest BCUT2D eigenvalue weighted by atomic mass is 32.1. The maximum atomic E-state index is 14.2. The van der Waals surface area contributed by atoms with Crippen molar-refractivity contribution in [2.75, 3.05) is 9.80 Å². The van der Waals surface area contributed by atoms with Crippen molar-refractivity contribution in [1.29, 1.82) is 0 Å². The third-order valence-corrected chi connectivity index (χ3v) is 8.62. The second-order valence-corrected chi connectivity index (χ2v) is 14.7. The molecule has 248 valence electrons. The lowest BCUT2D eigenvalue weighted by molar-refractivity contribution is -0.133. The Balaban J connectivity index is 1.59. The number of ketones is 1. The van der Waals surface area contributed by atoms with Crippen LogP contribution >= 0.6 is 11.3 Å². The van der Waals surface area contributed by atoms with Gasteiger partial charge in [0.25, 0.3) is 0 Å². The van der Waals surface area contributed by atoms with Crippen molar-refractivity contribution in [1.82, 2.24) is 10.6 Å². The van der Waals surface area contributed by atoms with Gasteiger partial charge < -0.3 is 20.3 Å². The summed E-state index contributed by atoms with van der Waals surface area (Å²) in [4.78, 5) is 82.0. The number of nitrogens with zero attached hydrogens (tertiary/aromatic N) is 2. The summed E-state index contributed by atoms with van der Waals surface area (Å²) in [7, 11) is 0. The average molecular weight is 653 g/mol. The van der Waals surface area contributed by atoms with Crippen molar-refractivity contribution in [3.63, 3.8) is 0 Å². The molecule has 2 atom stereocenters. The molecule has 0 saturated carbocycles. The van der Waals surface area contributed by atoms with Gasteiger partial charge in [0.05, 0.1) is 24.0 Å². The van der Waals surface area contributed by atoms with Gasteiger partial charge in [-0.25, -0.2) is 9.69 Å². The summed E-state index contributed by atoms with van der Waals surface area (Å²) in [5.41, 5.74) is 0.390. The summed E-state index contributed by atoms with van der Waals surface area (Å²) in [5, 5.41) is 9.23. The van der Waals surface area contributed by atoms with Gasteiger partial charge in [-0.15, -0.1) is 0 Å². The molecule has 2 N–H and O–H groups in total. The van der Waals surface area contributed by atoms with Crippen LogP contribution in [0.1, 0.15) is 85.3 Å². The molecule has 0 aliphatic carbocycles. The minimum absolute atomic E-state index is 0.0483. The van der Waals surface area contributed by atoms with Crippen LogP contribution in [0.2, 0.25) is 0 Å². The van der Waals surface area contributed by atoms with Gasteiger partial charge in [-0.1, -0.05) is 26.0 Å². The van der Waals surface area contributed by atoms with Gasteiger partial charge >= 0.3 is 6.09 Å². The fraction of sp³-hybridized carbons (Fsp3) is 0.529. The number of alkyl carbamates (subject to hydrolysis) is 1. The Morgan fingerprint density at radius 2 is 1.70 bits per heavy atom. The normalized spacial score (nSPS) is 17.7. The monoisotopic (exact) mass is 652 g/mol. The quantitative estimate of drug-likeness (QED) is 0.329. The first-order chi connectivity index (χ1) is 21.5. The van der Waals surface area contributed by atoms with Gasteiger partial charge in [-0.05, 0) is 87.4 Å². The lowest BCUT2D eigenvalue weighted by Gasteiger charge is -2.37. The number of hydrogen-bond acceptors (Lipinski definition) is 8. The SMILES string of the molecule is CC(C)C[C@@H](NC(=O)C(C)(C)NC(=O)OC(C)(C)C)C(=O)CC1Cc2cccc(N3C(=O)CCC3=O)c2N(Cc2ccsc2)C1=O. The zero-order chi connectivity index (χ0) is 34.0. The third-order valence-electron chi connectivity index (χ3n) is 7.89. The van der Waals surface area contributed by atoms with Crippen LogP contribution in [-0.2, 0) is 41.7 Å². The maximum absolute atomic E-state index is 14.2. The zero-order valence-electron chi connectivity index (χ0n) is 27.6. The highest BCUT2D eigenvalue weighted by molar-refractivity contribution is 7.07. The van der Waals surface area contributed by atoms with Gasteiger partial charge in [0, 0.05) is 25.2 Å². The second kappa shape index (κ2) is 13.7. The number of thiophene rings is 1. The molecule has 12 heteroatoms. The van der Waals surface area contributed by atoms with Gasteiger partial charge in [0.1, 0.15) is 11.1 Å². The molecular formula is C34H44N4O7S. The molecule has 0 spiro atoms. The largest absolute Gasteiger partial charge is 0.444 e. The lowest BCUT2D eigenvalue weighted by Crippen LogP contribution is -2.58. The number of para-hydroxylation sites is 1. The van der Waals surface area contributed by atoms with Crippen LogP contribution in [0.4, 0.5) is 16.2 Å². The predicted octanol–water partition coefficient (Wildman–Crippen LogP) is 4.90. The van der Waals surface area contributed by atoms with E-state index in [2.05, 4.69) is 10.6 Å². The van der Waals surface area contributed by atoms with E-state index in [1.165, 1.54) is 30.1 Å². The number of carbonyl (C=O) groups excluding carboxylic acids is 6. The van der Waals surface area contributed by atoms with Gasteiger partial charge in [0.2, 0.25) is 23.6 Å². The summed E-state index contributed by atoms with van der Waals surface area (Å²) >= 11 is 1.49. The Hall–Kier alpha value is -4.06. The summed E-state index contributed by atoms with van der Waals surface area (Å²) in [5.74, 6) is -2.44. The summed E-state index contributed by atoms with van der Waals surface area (Å²) in [6, 6.07) is 6.31. The highest BCUT2D eigenvalue weighted by Crippen LogP contribution is 2.42. The Bertz CT molecular complexity index is 1490. The molecule has 11 nitrogen and oxygen atoms in total. The standard InChI is InChI=1S/C34H44N4O7S/c1-20(2)15-24(35-31(43)34(6,7)36-32(44)45-33(3,4)5)26(39)17-23-16-22-9-8-10-25(38-27(40)11-12-28(38)41)29(22)37(30(23)42)18-21-13-14-46-19-21/h8-10,13-14,19-20,23-24H,11-12,15-18H2,1-7H3,(H,35,43)(H,36,44)/t23?,24-/m1/s1. The van der Waals surface area contributed by atoms with Crippen LogP contribution < -0.4 is 20.4 Å². The number of carbonyl (C=O) groups is 6. The molecule has 0 bridgehead atoms. The summed E-state index contributed by atoms with van der Waals surface area (Å²) in [6.45, 7) is 12.3. The summed E-state index contributed by atoms with van der Waals surface area (Å²) < 4.78 is 5.30. The number of imide groups is 1. The minimum Gasteiger partial charge on any atom is -0.444 e. The molecule has 5 amide bonds. The molecule has 2 aromatic rings. The van der Waals surface area contributed by atoms with Crippen molar-refractivity contribution >= 4 is 58.2 Å². The van der Waals surface area contributed by atoms with E-state index in [1.807, 2.05) is 36.7 Å². The Labute approximate surface area is 274 Å². The number of rotatable bonds is 11. The molecule has 4 rings (SSSR count). The number of nitrogens with one attached hydrogen (secondary N) is 2. The fourth-order valence-electron chi connectivity index (χ4n) is 5.73. The lowest BCUT2D eigenvalue weighted by atomic mass is 9.84. The third kappa shape index (κ3) is 8.20. The van der Waals surface area contributed by atoms with Crippen molar-refractivity contribution < 1.29 is 33.5 Å². The van der Waals surface area contributed by atoms with Crippen LogP contribution in [0.3, 0.4) is 0 Å². The van der Waals surface area contributed by atoms with Gasteiger partial charge in [0.15, 0.2) is 5.78 Å². The van der Waals surface area contributed by atoms with Gasteiger partial charge in [-0.2, -0.15) is 11.3 Å². The fourth-order valence-corrected chi connectivity index (χ4v) is 6.39. The smallest absolute Gasteiger partial charge is 0.408 e. The molecule has 1 saturated heterocycles. The van der Waals surface area contributed by atoms with Crippen molar-refractivity contribution in [2.24, 2.45) is 11.8 Å². The first-order valence-corrected chi connectivity index (χ1v) is 16.6. The molecule has 46 heavy (non-hydrogen) atoms. The molecule has 1 unspecified atom stereocenters. The molecule has 2 aliphatic rings. The number of ether oxygens (including phenoxy) is 1. The van der Waals surface area contributed by atoms with E-state index in [0.29, 0.717) is 17.8 Å². The van der Waals surface area contributed by atoms with Crippen LogP contribution in [0, 0.1) is 11.8 Å².